The van der Waals surface area contributed by atoms with Crippen molar-refractivity contribution in [2.75, 3.05) is 51.3 Å². The molecule has 1 atom stereocenters. The molecule has 34 heavy (non-hydrogen) atoms. The summed E-state index contributed by atoms with van der Waals surface area (Å²) in [5, 5.41) is 14.3. The van der Waals surface area contributed by atoms with E-state index in [0.29, 0.717) is 10.9 Å². The monoisotopic (exact) mass is 484 g/mol. The van der Waals surface area contributed by atoms with Gasteiger partial charge < -0.3 is 19.9 Å². The van der Waals surface area contributed by atoms with Crippen LogP contribution in [0.15, 0.2) is 30.5 Å². The van der Waals surface area contributed by atoms with Crippen LogP contribution in [0.5, 0.6) is 0 Å². The molecule has 3 heterocycles. The predicted molar refractivity (Wildman–Crippen MR) is 138 cm³/mol. The first-order valence-electron chi connectivity index (χ1n) is 12.2. The number of nitrogens with one attached hydrogen (secondary N) is 2. The highest BCUT2D eigenvalue weighted by Gasteiger charge is 2.23. The van der Waals surface area contributed by atoms with Crippen LogP contribution < -0.4 is 10.2 Å². The Morgan fingerprint density at radius 2 is 1.97 bits per heavy atom. The predicted octanol–water partition coefficient (Wildman–Crippen LogP) is 3.57. The Bertz CT molecular complexity index is 1060. The van der Waals surface area contributed by atoms with Crippen molar-refractivity contribution < 1.29 is 9.53 Å². The van der Waals surface area contributed by atoms with Crippen molar-refractivity contribution >= 4 is 33.3 Å². The maximum Gasteiger partial charge on any atom is 0.282 e. The number of carbonyl (C=O) groups is 1. The van der Waals surface area contributed by atoms with Crippen LogP contribution in [-0.4, -0.2) is 78.5 Å². The summed E-state index contributed by atoms with van der Waals surface area (Å²) in [7, 11) is 1.73. The molecule has 0 radical (unpaired) electrons. The van der Waals surface area contributed by atoms with Crippen LogP contribution in [0.2, 0.25) is 0 Å². The first kappa shape index (κ1) is 24.6. The molecule has 0 spiro atoms. The van der Waals surface area contributed by atoms with Gasteiger partial charge in [0.2, 0.25) is 10.1 Å². The van der Waals surface area contributed by atoms with Crippen molar-refractivity contribution in [3.8, 4) is 0 Å². The molecular formula is C25H36N6O2S. The Labute approximate surface area is 205 Å². The lowest BCUT2D eigenvalue weighted by molar-refractivity contribution is 0.0932. The third kappa shape index (κ3) is 6.34. The van der Waals surface area contributed by atoms with E-state index in [4.69, 9.17) is 4.74 Å². The Hall–Kier alpha value is -2.49. The van der Waals surface area contributed by atoms with Gasteiger partial charge in [0.15, 0.2) is 0 Å². The molecule has 4 rings (SSSR count). The van der Waals surface area contributed by atoms with E-state index < -0.39 is 0 Å². The third-order valence-corrected chi connectivity index (χ3v) is 7.41. The minimum Gasteiger partial charge on any atom is -0.383 e. The van der Waals surface area contributed by atoms with Crippen molar-refractivity contribution in [3.05, 3.63) is 41.0 Å². The number of methoxy groups -OCH3 is 1. The highest BCUT2D eigenvalue weighted by molar-refractivity contribution is 7.17. The number of amides is 1. The molecule has 0 aliphatic carbocycles. The first-order valence-corrected chi connectivity index (χ1v) is 13.0. The number of aromatic amines is 1. The third-order valence-electron chi connectivity index (χ3n) is 6.43. The van der Waals surface area contributed by atoms with Gasteiger partial charge in [0.25, 0.3) is 5.91 Å². The topological polar surface area (TPSA) is 86.4 Å². The molecule has 1 saturated heterocycles. The van der Waals surface area contributed by atoms with Crippen molar-refractivity contribution in [1.82, 2.24) is 25.4 Å². The number of para-hydroxylation sites is 1. The summed E-state index contributed by atoms with van der Waals surface area (Å²) in [5.74, 6) is 0.453. The van der Waals surface area contributed by atoms with E-state index in [-0.39, 0.29) is 11.9 Å². The van der Waals surface area contributed by atoms with E-state index in [1.54, 1.807) is 7.11 Å². The van der Waals surface area contributed by atoms with Gasteiger partial charge in [-0.3, -0.25) is 9.69 Å². The quantitative estimate of drug-likeness (QED) is 0.433. The van der Waals surface area contributed by atoms with Gasteiger partial charge in [-0.1, -0.05) is 43.4 Å². The van der Waals surface area contributed by atoms with Gasteiger partial charge >= 0.3 is 0 Å². The summed E-state index contributed by atoms with van der Waals surface area (Å²) in [4.78, 5) is 21.1. The lowest BCUT2D eigenvalue weighted by Crippen LogP contribution is -2.47. The van der Waals surface area contributed by atoms with E-state index in [9.17, 15) is 4.79 Å². The van der Waals surface area contributed by atoms with E-state index >= 15 is 0 Å². The lowest BCUT2D eigenvalue weighted by Gasteiger charge is -2.34. The average molecular weight is 485 g/mol. The molecule has 0 saturated carbocycles. The zero-order valence-electron chi connectivity index (χ0n) is 20.4. The summed E-state index contributed by atoms with van der Waals surface area (Å²) in [6.07, 6.45) is 4.84. The van der Waals surface area contributed by atoms with Crippen LogP contribution in [0, 0.1) is 5.92 Å². The van der Waals surface area contributed by atoms with E-state index in [0.717, 1.165) is 69.2 Å². The van der Waals surface area contributed by atoms with E-state index in [1.807, 2.05) is 6.07 Å². The second kappa shape index (κ2) is 11.8. The number of fused-ring (bicyclic) bond motifs is 1. The van der Waals surface area contributed by atoms with Crippen LogP contribution >= 0.6 is 11.3 Å². The Morgan fingerprint density at radius 3 is 2.74 bits per heavy atom. The normalized spacial score (nSPS) is 15.8. The number of ether oxygens (including phenoxy) is 1. The molecule has 1 aromatic carbocycles. The fourth-order valence-corrected chi connectivity index (χ4v) is 5.19. The smallest absolute Gasteiger partial charge is 0.282 e. The van der Waals surface area contributed by atoms with Crippen LogP contribution in [0.4, 0.5) is 5.13 Å². The van der Waals surface area contributed by atoms with E-state index in [1.165, 1.54) is 22.3 Å². The summed E-state index contributed by atoms with van der Waals surface area (Å²) in [6.45, 7) is 9.84. The molecule has 1 aliphatic rings. The van der Waals surface area contributed by atoms with Gasteiger partial charge in [-0.05, 0) is 36.8 Å². The van der Waals surface area contributed by atoms with Crippen molar-refractivity contribution in [2.45, 2.75) is 39.2 Å². The number of H-pyrrole nitrogens is 1. The second-order valence-corrected chi connectivity index (χ2v) is 10.4. The van der Waals surface area contributed by atoms with Gasteiger partial charge in [-0.15, -0.1) is 10.2 Å². The molecule has 0 bridgehead atoms. The Balaban J connectivity index is 1.38. The molecule has 1 unspecified atom stereocenters. The fourth-order valence-electron chi connectivity index (χ4n) is 4.39. The number of rotatable bonds is 11. The summed E-state index contributed by atoms with van der Waals surface area (Å²) >= 11 is 1.39. The number of benzene rings is 1. The molecule has 3 aromatic rings. The number of piperazine rings is 1. The van der Waals surface area contributed by atoms with Crippen LogP contribution in [0.1, 0.15) is 42.1 Å². The Morgan fingerprint density at radius 1 is 1.18 bits per heavy atom. The number of carbonyl (C=O) groups excluding carboxylic acids is 1. The minimum absolute atomic E-state index is 0.0470. The highest BCUT2D eigenvalue weighted by Crippen LogP contribution is 2.24. The van der Waals surface area contributed by atoms with Crippen molar-refractivity contribution in [3.63, 3.8) is 0 Å². The average Bonchev–Trinajstić information content (AvgIpc) is 3.49. The molecule has 1 amide bonds. The zero-order valence-corrected chi connectivity index (χ0v) is 21.2. The van der Waals surface area contributed by atoms with Crippen molar-refractivity contribution in [2.24, 2.45) is 5.92 Å². The number of nitrogens with zero attached hydrogens (tertiary/aromatic N) is 4. The number of hydrogen-bond acceptors (Lipinski definition) is 7. The van der Waals surface area contributed by atoms with Crippen LogP contribution in [0.25, 0.3) is 10.9 Å². The number of anilines is 1. The SMILES string of the molecule is COCCN1CCN(c2nnc(C(=O)NC(CCC(C)C)Cc3c[nH]c4ccccc34)s2)CC1. The van der Waals surface area contributed by atoms with Gasteiger partial charge in [-0.2, -0.15) is 0 Å². The van der Waals surface area contributed by atoms with Gasteiger partial charge in [-0.25, -0.2) is 0 Å². The van der Waals surface area contributed by atoms with Crippen molar-refractivity contribution in [1.29, 1.82) is 0 Å². The maximum absolute atomic E-state index is 13.1. The highest BCUT2D eigenvalue weighted by atomic mass is 32.1. The standard InChI is InChI=1S/C25H36N6O2S/c1-18(2)8-9-20(16-19-17-26-22-7-5-4-6-21(19)22)27-23(32)24-28-29-25(34-24)31-12-10-30(11-13-31)14-15-33-3/h4-7,17-18,20,26H,8-16H2,1-3H3,(H,27,32). The molecule has 1 aliphatic heterocycles. The molecule has 8 nitrogen and oxygen atoms in total. The molecule has 1 fully saturated rings. The number of aromatic nitrogens is 3. The lowest BCUT2D eigenvalue weighted by atomic mass is 9.97. The fraction of sp³-hybridized carbons (Fsp3) is 0.560. The first-order chi connectivity index (χ1) is 16.5. The molecule has 2 aromatic heterocycles. The molecule has 9 heteroatoms. The molecule has 2 N–H and O–H groups in total. The maximum atomic E-state index is 13.1. The summed E-state index contributed by atoms with van der Waals surface area (Å²) in [6, 6.07) is 8.36. The molecular weight excluding hydrogens is 448 g/mol. The zero-order chi connectivity index (χ0) is 23.9. The largest absolute Gasteiger partial charge is 0.383 e. The Kier molecular flexibility index (Phi) is 8.53. The summed E-state index contributed by atoms with van der Waals surface area (Å²) in [5.41, 5.74) is 2.36. The number of hydrogen-bond donors (Lipinski definition) is 2. The molecule has 184 valence electrons. The minimum atomic E-state index is -0.129. The van der Waals surface area contributed by atoms with Gasteiger partial charge in [0.05, 0.1) is 6.61 Å². The van der Waals surface area contributed by atoms with Crippen LogP contribution in [0.3, 0.4) is 0 Å². The van der Waals surface area contributed by atoms with Gasteiger partial charge in [0, 0.05) is 63.0 Å². The van der Waals surface area contributed by atoms with Crippen LogP contribution in [-0.2, 0) is 11.2 Å². The second-order valence-electron chi connectivity index (χ2n) is 9.42. The van der Waals surface area contributed by atoms with E-state index in [2.05, 4.69) is 68.5 Å². The van der Waals surface area contributed by atoms with Gasteiger partial charge in [0.1, 0.15) is 0 Å². The summed E-state index contributed by atoms with van der Waals surface area (Å²) < 4.78 is 5.18.